The SMILES string of the molecule is CN(C)CCC(NC(=O)C1(NC(=O)OCC2c3ccccc3-c3ccccc32)CC1)C(=O)O. The standard InChI is InChI=1S/C25H29N3O5/c1-28(2)14-11-21(22(29)30)26-23(31)25(12-13-25)27-24(32)33-15-20-18-9-5-3-7-16(18)17-8-4-6-10-19(17)20/h3-10,20-21H,11-15H2,1-2H3,(H,26,31)(H,27,32)(H,29,30). The molecule has 0 aromatic heterocycles. The quantitative estimate of drug-likeness (QED) is 0.541. The van der Waals surface area contributed by atoms with E-state index in [9.17, 15) is 19.5 Å². The molecule has 0 saturated heterocycles. The second-order valence-electron chi connectivity index (χ2n) is 8.99. The Bertz CT molecular complexity index is 1020. The summed E-state index contributed by atoms with van der Waals surface area (Å²) in [4.78, 5) is 38.7. The van der Waals surface area contributed by atoms with Gasteiger partial charge in [-0.3, -0.25) is 4.79 Å². The van der Waals surface area contributed by atoms with Gasteiger partial charge in [0.05, 0.1) is 0 Å². The zero-order chi connectivity index (χ0) is 23.6. The number of ether oxygens (including phenoxy) is 1. The Hall–Kier alpha value is -3.39. The number of nitrogens with one attached hydrogen (secondary N) is 2. The maximum Gasteiger partial charge on any atom is 0.408 e. The van der Waals surface area contributed by atoms with Crippen molar-refractivity contribution in [2.75, 3.05) is 27.2 Å². The fourth-order valence-corrected chi connectivity index (χ4v) is 4.30. The van der Waals surface area contributed by atoms with Crippen molar-refractivity contribution < 1.29 is 24.2 Å². The highest BCUT2D eigenvalue weighted by molar-refractivity contribution is 5.95. The number of alkyl carbamates (subject to hydrolysis) is 1. The van der Waals surface area contributed by atoms with E-state index < -0.39 is 29.6 Å². The van der Waals surface area contributed by atoms with Crippen LogP contribution in [0.4, 0.5) is 4.79 Å². The first-order valence-corrected chi connectivity index (χ1v) is 11.1. The molecule has 1 saturated carbocycles. The molecule has 1 atom stereocenters. The smallest absolute Gasteiger partial charge is 0.408 e. The summed E-state index contributed by atoms with van der Waals surface area (Å²) in [5, 5.41) is 14.7. The third-order valence-electron chi connectivity index (χ3n) is 6.34. The molecule has 2 aromatic carbocycles. The van der Waals surface area contributed by atoms with E-state index in [1.165, 1.54) is 0 Å². The van der Waals surface area contributed by atoms with Crippen LogP contribution in [0, 0.1) is 0 Å². The highest BCUT2D eigenvalue weighted by Crippen LogP contribution is 2.44. The molecule has 0 heterocycles. The summed E-state index contributed by atoms with van der Waals surface area (Å²) in [6.07, 6.45) is 0.492. The van der Waals surface area contributed by atoms with Gasteiger partial charge in [-0.15, -0.1) is 0 Å². The van der Waals surface area contributed by atoms with Crippen molar-refractivity contribution in [3.63, 3.8) is 0 Å². The molecular weight excluding hydrogens is 422 g/mol. The lowest BCUT2D eigenvalue weighted by atomic mass is 9.98. The summed E-state index contributed by atoms with van der Waals surface area (Å²) in [6, 6.07) is 15.1. The molecule has 0 radical (unpaired) electrons. The van der Waals surface area contributed by atoms with Crippen LogP contribution in [0.3, 0.4) is 0 Å². The summed E-state index contributed by atoms with van der Waals surface area (Å²) < 4.78 is 5.54. The Morgan fingerprint density at radius 3 is 2.15 bits per heavy atom. The Balaban J connectivity index is 1.36. The fraction of sp³-hybridized carbons (Fsp3) is 0.400. The highest BCUT2D eigenvalue weighted by atomic mass is 16.5. The van der Waals surface area contributed by atoms with Gasteiger partial charge in [0.15, 0.2) is 0 Å². The third-order valence-corrected chi connectivity index (χ3v) is 6.34. The molecule has 3 N–H and O–H groups in total. The van der Waals surface area contributed by atoms with Gasteiger partial charge in [0.2, 0.25) is 5.91 Å². The third kappa shape index (κ3) is 4.85. The summed E-state index contributed by atoms with van der Waals surface area (Å²) in [5.41, 5.74) is 3.38. The van der Waals surface area contributed by atoms with Crippen LogP contribution in [0.2, 0.25) is 0 Å². The van der Waals surface area contributed by atoms with Crippen molar-refractivity contribution in [3.8, 4) is 11.1 Å². The zero-order valence-corrected chi connectivity index (χ0v) is 18.8. The largest absolute Gasteiger partial charge is 0.480 e. The van der Waals surface area contributed by atoms with Crippen LogP contribution in [0.5, 0.6) is 0 Å². The molecule has 2 amide bonds. The van der Waals surface area contributed by atoms with E-state index in [0.717, 1.165) is 22.3 Å². The Labute approximate surface area is 192 Å². The van der Waals surface area contributed by atoms with Gasteiger partial charge < -0.3 is 25.4 Å². The minimum absolute atomic E-state index is 0.0745. The van der Waals surface area contributed by atoms with Crippen LogP contribution >= 0.6 is 0 Å². The number of fused-ring (bicyclic) bond motifs is 3. The fourth-order valence-electron chi connectivity index (χ4n) is 4.30. The predicted molar refractivity (Wildman–Crippen MR) is 123 cm³/mol. The first kappa shape index (κ1) is 22.8. The first-order chi connectivity index (χ1) is 15.8. The van der Waals surface area contributed by atoms with Crippen molar-refractivity contribution in [2.45, 2.75) is 36.8 Å². The first-order valence-electron chi connectivity index (χ1n) is 11.1. The number of rotatable bonds is 9. The molecule has 0 spiro atoms. The van der Waals surface area contributed by atoms with E-state index in [1.54, 1.807) is 0 Å². The van der Waals surface area contributed by atoms with Crippen molar-refractivity contribution in [2.24, 2.45) is 0 Å². The summed E-state index contributed by atoms with van der Waals surface area (Å²) in [5.74, 6) is -1.65. The van der Waals surface area contributed by atoms with Gasteiger partial charge in [-0.05, 0) is 55.6 Å². The molecular formula is C25H29N3O5. The molecule has 2 aliphatic carbocycles. The average Bonchev–Trinajstić information content (AvgIpc) is 3.50. The molecule has 8 nitrogen and oxygen atoms in total. The summed E-state index contributed by atoms with van der Waals surface area (Å²) >= 11 is 0. The Morgan fingerprint density at radius 2 is 1.64 bits per heavy atom. The number of nitrogens with zero attached hydrogens (tertiary/aromatic N) is 1. The maximum absolute atomic E-state index is 12.8. The van der Waals surface area contributed by atoms with Gasteiger partial charge in [-0.1, -0.05) is 48.5 Å². The molecule has 0 bridgehead atoms. The van der Waals surface area contributed by atoms with E-state index in [2.05, 4.69) is 22.8 Å². The number of hydrogen-bond donors (Lipinski definition) is 3. The maximum atomic E-state index is 12.8. The summed E-state index contributed by atoms with van der Waals surface area (Å²) in [7, 11) is 3.67. The van der Waals surface area contributed by atoms with Gasteiger partial charge in [-0.2, -0.15) is 0 Å². The average molecular weight is 452 g/mol. The summed E-state index contributed by atoms with van der Waals surface area (Å²) in [6.45, 7) is 0.669. The molecule has 33 heavy (non-hydrogen) atoms. The van der Waals surface area contributed by atoms with Crippen LogP contribution in [-0.2, 0) is 14.3 Å². The molecule has 174 valence electrons. The number of carbonyl (C=O) groups excluding carboxylic acids is 2. The molecule has 8 heteroatoms. The molecule has 2 aliphatic rings. The molecule has 1 fully saturated rings. The predicted octanol–water partition coefficient (Wildman–Crippen LogP) is 2.58. The lowest BCUT2D eigenvalue weighted by Crippen LogP contribution is -2.54. The van der Waals surface area contributed by atoms with E-state index in [4.69, 9.17) is 4.74 Å². The molecule has 0 aliphatic heterocycles. The second kappa shape index (κ2) is 9.23. The monoisotopic (exact) mass is 451 g/mol. The van der Waals surface area contributed by atoms with Crippen molar-refractivity contribution in [1.29, 1.82) is 0 Å². The van der Waals surface area contributed by atoms with Gasteiger partial charge >= 0.3 is 12.1 Å². The zero-order valence-electron chi connectivity index (χ0n) is 18.8. The second-order valence-corrected chi connectivity index (χ2v) is 8.99. The van der Waals surface area contributed by atoms with E-state index in [-0.39, 0.29) is 18.9 Å². The number of carboxylic acid groups (broad SMARTS) is 1. The normalized spacial score (nSPS) is 16.5. The lowest BCUT2D eigenvalue weighted by molar-refractivity contribution is -0.142. The van der Waals surface area contributed by atoms with Crippen LogP contribution in [0.1, 0.15) is 36.3 Å². The minimum atomic E-state index is -1.10. The van der Waals surface area contributed by atoms with Crippen LogP contribution in [0.25, 0.3) is 11.1 Å². The van der Waals surface area contributed by atoms with Crippen molar-refractivity contribution in [3.05, 3.63) is 59.7 Å². The number of benzene rings is 2. The Morgan fingerprint density at radius 1 is 1.06 bits per heavy atom. The van der Waals surface area contributed by atoms with Gasteiger partial charge in [0, 0.05) is 12.5 Å². The number of carboxylic acids is 1. The topological polar surface area (TPSA) is 108 Å². The lowest BCUT2D eigenvalue weighted by Gasteiger charge is -2.22. The minimum Gasteiger partial charge on any atom is -0.480 e. The van der Waals surface area contributed by atoms with Crippen LogP contribution < -0.4 is 10.6 Å². The number of carbonyl (C=O) groups is 3. The molecule has 2 aromatic rings. The van der Waals surface area contributed by atoms with Gasteiger partial charge in [0.25, 0.3) is 0 Å². The van der Waals surface area contributed by atoms with E-state index in [0.29, 0.717) is 19.4 Å². The highest BCUT2D eigenvalue weighted by Gasteiger charge is 2.52. The Kier molecular flexibility index (Phi) is 6.37. The number of hydrogen-bond acceptors (Lipinski definition) is 5. The van der Waals surface area contributed by atoms with Gasteiger partial charge in [-0.25, -0.2) is 9.59 Å². The molecule has 4 rings (SSSR count). The molecule has 1 unspecified atom stereocenters. The van der Waals surface area contributed by atoms with Crippen molar-refractivity contribution in [1.82, 2.24) is 15.5 Å². The number of amides is 2. The van der Waals surface area contributed by atoms with Gasteiger partial charge in [0.1, 0.15) is 18.2 Å². The van der Waals surface area contributed by atoms with Crippen LogP contribution in [0.15, 0.2) is 48.5 Å². The van der Waals surface area contributed by atoms with Crippen LogP contribution in [-0.4, -0.2) is 66.8 Å². The number of aliphatic carboxylic acids is 1. The van der Waals surface area contributed by atoms with E-state index in [1.807, 2.05) is 55.4 Å². The van der Waals surface area contributed by atoms with E-state index >= 15 is 0 Å². The van der Waals surface area contributed by atoms with Crippen molar-refractivity contribution >= 4 is 18.0 Å².